The molecule has 0 unspecified atom stereocenters. The van der Waals surface area contributed by atoms with E-state index in [9.17, 15) is 0 Å². The molecule has 4 heteroatoms. The van der Waals surface area contributed by atoms with Gasteiger partial charge in [-0.05, 0) is 74.6 Å². The van der Waals surface area contributed by atoms with E-state index in [0.717, 1.165) is 38.8 Å². The van der Waals surface area contributed by atoms with Crippen LogP contribution >= 0.6 is 11.3 Å². The fraction of sp³-hybridized carbons (Fsp3) is 0. The lowest BCUT2D eigenvalue weighted by atomic mass is 9.95. The summed E-state index contributed by atoms with van der Waals surface area (Å²) < 4.78 is 4.88. The zero-order valence-corrected chi connectivity index (χ0v) is 26.5. The lowest BCUT2D eigenvalue weighted by Crippen LogP contribution is -1.93. The molecule has 0 radical (unpaired) electrons. The first-order valence-electron chi connectivity index (χ1n) is 16.2. The van der Waals surface area contributed by atoms with Gasteiger partial charge in [-0.1, -0.05) is 109 Å². The summed E-state index contributed by atoms with van der Waals surface area (Å²) in [4.78, 5) is 10.2. The maximum atomic E-state index is 5.45. The Bertz CT molecular complexity index is 3110. The Kier molecular flexibility index (Phi) is 5.26. The number of aromatic nitrogens is 3. The fourth-order valence-electron chi connectivity index (χ4n) is 7.71. The quantitative estimate of drug-likeness (QED) is 0.141. The van der Waals surface area contributed by atoms with Crippen LogP contribution < -0.4 is 0 Å². The van der Waals surface area contributed by atoms with Crippen molar-refractivity contribution >= 4 is 91.4 Å². The van der Waals surface area contributed by atoms with Crippen LogP contribution in [0.2, 0.25) is 0 Å². The number of imidazole rings is 1. The topological polar surface area (TPSA) is 30.2 Å². The number of nitrogens with zero attached hydrogens (tertiary/aromatic N) is 3. The van der Waals surface area contributed by atoms with E-state index in [1.54, 1.807) is 0 Å². The zero-order valence-electron chi connectivity index (χ0n) is 25.7. The van der Waals surface area contributed by atoms with Crippen LogP contribution in [0.25, 0.3) is 102 Å². The zero-order chi connectivity index (χ0) is 31.3. The highest BCUT2D eigenvalue weighted by Crippen LogP contribution is 2.42. The maximum Gasteiger partial charge on any atom is 0.156 e. The molecule has 0 N–H and O–H groups in total. The minimum absolute atomic E-state index is 1.01. The highest BCUT2D eigenvalue weighted by Gasteiger charge is 2.19. The van der Waals surface area contributed by atoms with Gasteiger partial charge in [0, 0.05) is 37.8 Å². The molecule has 4 heterocycles. The second-order valence-electron chi connectivity index (χ2n) is 12.6. The standard InChI is InChI=1S/C44H25N3S/c1-2-8-30-24-36-31(23-29(30)7-1)19-21-38-42(36)46-44-43-37(34-10-3-4-13-40(34)48-43)25-39(47(38)44)27-16-14-26(15-17-27)32-11-5-12-35-33(32)20-18-28-9-6-22-45-41(28)35/h1-25H. The van der Waals surface area contributed by atoms with Crippen molar-refractivity contribution in [2.75, 3.05) is 0 Å². The average Bonchev–Trinajstić information content (AvgIpc) is 3.73. The SMILES string of the molecule is c1ccc2cc3c(ccc4c3nc3c5sc6ccccc6c5cc(-c5ccc(-c6cccc7c6ccc6cccnc67)cc5)n43)cc2c1. The molecule has 0 fully saturated rings. The molecule has 0 saturated heterocycles. The monoisotopic (exact) mass is 627 g/mol. The number of hydrogen-bond acceptors (Lipinski definition) is 3. The van der Waals surface area contributed by atoms with Crippen LogP contribution in [0, 0.1) is 0 Å². The predicted octanol–water partition coefficient (Wildman–Crippen LogP) is 12.2. The molecule has 0 spiro atoms. The van der Waals surface area contributed by atoms with Crippen LogP contribution in [0.3, 0.4) is 0 Å². The Balaban J connectivity index is 1.17. The summed E-state index contributed by atoms with van der Waals surface area (Å²) in [6.07, 6.45) is 1.88. The van der Waals surface area contributed by atoms with Gasteiger partial charge in [-0.3, -0.25) is 9.38 Å². The molecular weight excluding hydrogens is 603 g/mol. The highest BCUT2D eigenvalue weighted by atomic mass is 32.1. The van der Waals surface area contributed by atoms with Gasteiger partial charge in [0.2, 0.25) is 0 Å². The third-order valence-corrected chi connectivity index (χ3v) is 11.2. The molecule has 11 rings (SSSR count). The molecule has 0 aliphatic rings. The van der Waals surface area contributed by atoms with Gasteiger partial charge in [0.1, 0.15) is 0 Å². The van der Waals surface area contributed by atoms with E-state index in [1.165, 1.54) is 63.6 Å². The molecular formula is C44H25N3S. The lowest BCUT2D eigenvalue weighted by Gasteiger charge is -2.12. The van der Waals surface area contributed by atoms with Gasteiger partial charge in [0.15, 0.2) is 5.65 Å². The third kappa shape index (κ3) is 3.63. The number of benzene rings is 7. The van der Waals surface area contributed by atoms with Crippen molar-refractivity contribution in [3.63, 3.8) is 0 Å². The number of fused-ring (bicyclic) bond motifs is 13. The molecule has 11 aromatic rings. The third-order valence-electron chi connectivity index (χ3n) is 9.99. The van der Waals surface area contributed by atoms with Crippen molar-refractivity contribution < 1.29 is 0 Å². The fourth-order valence-corrected chi connectivity index (χ4v) is 8.87. The van der Waals surface area contributed by atoms with Gasteiger partial charge >= 0.3 is 0 Å². The van der Waals surface area contributed by atoms with Gasteiger partial charge in [-0.2, -0.15) is 0 Å². The summed E-state index contributed by atoms with van der Waals surface area (Å²) >= 11 is 1.83. The van der Waals surface area contributed by atoms with Crippen molar-refractivity contribution in [3.05, 3.63) is 152 Å². The molecule has 0 aliphatic carbocycles. The van der Waals surface area contributed by atoms with Gasteiger partial charge in [0.05, 0.1) is 26.9 Å². The van der Waals surface area contributed by atoms with E-state index in [2.05, 4.69) is 144 Å². The van der Waals surface area contributed by atoms with E-state index < -0.39 is 0 Å². The Labute approximate surface area is 279 Å². The maximum absolute atomic E-state index is 5.45. The van der Waals surface area contributed by atoms with Crippen molar-refractivity contribution in [1.82, 2.24) is 14.4 Å². The van der Waals surface area contributed by atoms with E-state index in [1.807, 2.05) is 23.6 Å². The minimum atomic E-state index is 1.01. The molecule has 0 aliphatic heterocycles. The largest absolute Gasteiger partial charge is 0.291 e. The first kappa shape index (κ1) is 26.0. The van der Waals surface area contributed by atoms with Crippen molar-refractivity contribution in [3.8, 4) is 22.4 Å². The number of thiophene rings is 1. The normalized spacial score (nSPS) is 12.2. The van der Waals surface area contributed by atoms with Gasteiger partial charge in [0.25, 0.3) is 0 Å². The average molecular weight is 628 g/mol. The highest BCUT2D eigenvalue weighted by molar-refractivity contribution is 7.26. The Hall–Kier alpha value is -6.10. The summed E-state index contributed by atoms with van der Waals surface area (Å²) in [5.74, 6) is 0. The van der Waals surface area contributed by atoms with Crippen molar-refractivity contribution in [2.24, 2.45) is 0 Å². The molecule has 0 bridgehead atoms. The second kappa shape index (κ2) is 9.71. The van der Waals surface area contributed by atoms with E-state index in [4.69, 9.17) is 9.97 Å². The Morgan fingerprint density at radius 3 is 2.17 bits per heavy atom. The molecule has 48 heavy (non-hydrogen) atoms. The van der Waals surface area contributed by atoms with Crippen LogP contribution in [0.4, 0.5) is 0 Å². The molecule has 0 saturated carbocycles. The lowest BCUT2D eigenvalue weighted by molar-refractivity contribution is 1.25. The Morgan fingerprint density at radius 2 is 1.25 bits per heavy atom. The molecule has 0 atom stereocenters. The molecule has 7 aromatic carbocycles. The van der Waals surface area contributed by atoms with Crippen molar-refractivity contribution in [2.45, 2.75) is 0 Å². The summed E-state index contributed by atoms with van der Waals surface area (Å²) in [5, 5.41) is 10.9. The predicted molar refractivity (Wildman–Crippen MR) is 204 cm³/mol. The summed E-state index contributed by atoms with van der Waals surface area (Å²) in [6.45, 7) is 0. The van der Waals surface area contributed by atoms with Crippen LogP contribution in [-0.2, 0) is 0 Å². The van der Waals surface area contributed by atoms with Gasteiger partial charge in [-0.15, -0.1) is 11.3 Å². The van der Waals surface area contributed by atoms with Crippen LogP contribution in [0.1, 0.15) is 0 Å². The number of pyridine rings is 2. The number of rotatable bonds is 2. The van der Waals surface area contributed by atoms with E-state index >= 15 is 0 Å². The van der Waals surface area contributed by atoms with Crippen LogP contribution in [-0.4, -0.2) is 14.4 Å². The molecule has 3 nitrogen and oxygen atoms in total. The first-order chi connectivity index (χ1) is 23.8. The molecule has 0 amide bonds. The Morgan fingerprint density at radius 1 is 0.479 bits per heavy atom. The minimum Gasteiger partial charge on any atom is -0.291 e. The summed E-state index contributed by atoms with van der Waals surface area (Å²) in [5.41, 5.74) is 8.91. The van der Waals surface area contributed by atoms with Crippen LogP contribution in [0.5, 0.6) is 0 Å². The van der Waals surface area contributed by atoms with Gasteiger partial charge < -0.3 is 0 Å². The second-order valence-corrected chi connectivity index (χ2v) is 13.7. The summed E-state index contributed by atoms with van der Waals surface area (Å²) in [7, 11) is 0. The number of hydrogen-bond donors (Lipinski definition) is 0. The van der Waals surface area contributed by atoms with Crippen molar-refractivity contribution in [1.29, 1.82) is 0 Å². The van der Waals surface area contributed by atoms with E-state index in [-0.39, 0.29) is 0 Å². The summed E-state index contributed by atoms with van der Waals surface area (Å²) in [6, 6.07) is 52.9. The smallest absolute Gasteiger partial charge is 0.156 e. The molecule has 4 aromatic heterocycles. The molecule has 222 valence electrons. The van der Waals surface area contributed by atoms with E-state index in [0.29, 0.717) is 0 Å². The first-order valence-corrected chi connectivity index (χ1v) is 17.1. The van der Waals surface area contributed by atoms with Gasteiger partial charge in [-0.25, -0.2) is 4.98 Å². The van der Waals surface area contributed by atoms with Crippen LogP contribution in [0.15, 0.2) is 152 Å².